The van der Waals surface area contributed by atoms with Gasteiger partial charge in [-0.05, 0) is 23.6 Å². The third kappa shape index (κ3) is 3.41. The van der Waals surface area contributed by atoms with Gasteiger partial charge in [-0.1, -0.05) is 35.5 Å². The minimum atomic E-state index is -0.205. The van der Waals surface area contributed by atoms with Gasteiger partial charge in [0.05, 0.1) is 21.8 Å². The zero-order chi connectivity index (χ0) is 16.4. The Hall–Kier alpha value is -1.83. The lowest BCUT2D eigenvalue weighted by Gasteiger charge is -2.08. The highest BCUT2D eigenvalue weighted by atomic mass is 35.5. The van der Waals surface area contributed by atoms with Crippen LogP contribution >= 0.6 is 34.7 Å². The minimum Gasteiger partial charge on any atom is -0.324 e. The summed E-state index contributed by atoms with van der Waals surface area (Å²) in [5.74, 6) is -0.0637. The maximum atomic E-state index is 12.2. The molecule has 0 unspecified atom stereocenters. The fourth-order valence-corrected chi connectivity index (χ4v) is 3.75. The summed E-state index contributed by atoms with van der Waals surface area (Å²) in [7, 11) is 1.65. The number of amides is 1. The van der Waals surface area contributed by atoms with E-state index in [-0.39, 0.29) is 17.2 Å². The van der Waals surface area contributed by atoms with Crippen LogP contribution in [0.15, 0.2) is 45.7 Å². The van der Waals surface area contributed by atoms with Gasteiger partial charge in [0.25, 0.3) is 5.56 Å². The zero-order valence-corrected chi connectivity index (χ0v) is 14.5. The third-order valence-corrected chi connectivity index (χ3v) is 5.31. The molecule has 0 aliphatic heterocycles. The second-order valence-electron chi connectivity index (χ2n) is 4.71. The van der Waals surface area contributed by atoms with Crippen LogP contribution < -0.4 is 10.9 Å². The van der Waals surface area contributed by atoms with E-state index in [2.05, 4.69) is 10.3 Å². The number of para-hydroxylation sites is 1. The molecule has 1 amide bonds. The molecule has 0 radical (unpaired) electrons. The molecule has 1 N–H and O–H groups in total. The van der Waals surface area contributed by atoms with E-state index in [9.17, 15) is 9.59 Å². The van der Waals surface area contributed by atoms with E-state index >= 15 is 0 Å². The van der Waals surface area contributed by atoms with Crippen molar-refractivity contribution in [1.29, 1.82) is 0 Å². The summed E-state index contributed by atoms with van der Waals surface area (Å²) in [5, 5.41) is 6.17. The van der Waals surface area contributed by atoms with E-state index in [1.165, 1.54) is 27.7 Å². The fourth-order valence-electron chi connectivity index (χ4n) is 1.99. The second kappa shape index (κ2) is 6.74. The van der Waals surface area contributed by atoms with Crippen molar-refractivity contribution in [3.05, 3.63) is 51.1 Å². The molecule has 0 aliphatic carbocycles. The molecule has 0 atom stereocenters. The van der Waals surface area contributed by atoms with E-state index in [4.69, 9.17) is 11.6 Å². The van der Waals surface area contributed by atoms with Gasteiger partial charge in [0.1, 0.15) is 4.83 Å². The maximum Gasteiger partial charge on any atom is 0.262 e. The molecule has 2 aromatic heterocycles. The minimum absolute atomic E-state index is 0.106. The predicted octanol–water partition coefficient (Wildman–Crippen LogP) is 3.38. The Morgan fingerprint density at radius 1 is 1.39 bits per heavy atom. The highest BCUT2D eigenvalue weighted by Crippen LogP contribution is 2.23. The average molecular weight is 366 g/mol. The lowest BCUT2D eigenvalue weighted by Crippen LogP contribution is -2.20. The van der Waals surface area contributed by atoms with Crippen LogP contribution in [0.25, 0.3) is 10.2 Å². The Morgan fingerprint density at radius 2 is 2.17 bits per heavy atom. The van der Waals surface area contributed by atoms with Gasteiger partial charge in [0.2, 0.25) is 5.91 Å². The number of benzene rings is 1. The highest BCUT2D eigenvalue weighted by Gasteiger charge is 2.12. The van der Waals surface area contributed by atoms with Crippen molar-refractivity contribution in [1.82, 2.24) is 9.55 Å². The molecule has 8 heteroatoms. The number of nitrogens with one attached hydrogen (secondary N) is 1. The summed E-state index contributed by atoms with van der Waals surface area (Å²) in [5.41, 5.74) is 0.459. The molecule has 0 saturated carbocycles. The Bertz CT molecular complexity index is 936. The third-order valence-electron chi connectivity index (χ3n) is 3.14. The lowest BCUT2D eigenvalue weighted by molar-refractivity contribution is -0.113. The standard InChI is InChI=1S/C15H12ClN3O2S2/c1-19-14(21)9-6-7-22-13(9)18-15(19)23-8-12(20)17-11-5-3-2-4-10(11)16/h2-7H,8H2,1H3,(H,17,20). The summed E-state index contributed by atoms with van der Waals surface area (Å²) in [6.45, 7) is 0. The van der Waals surface area contributed by atoms with E-state index in [0.717, 1.165) is 0 Å². The van der Waals surface area contributed by atoms with E-state index < -0.39 is 0 Å². The molecule has 0 saturated heterocycles. The summed E-state index contributed by atoms with van der Waals surface area (Å²) in [4.78, 5) is 29.3. The number of rotatable bonds is 4. The largest absolute Gasteiger partial charge is 0.324 e. The predicted molar refractivity (Wildman–Crippen MR) is 95.7 cm³/mol. The van der Waals surface area contributed by atoms with Crippen molar-refractivity contribution in [3.63, 3.8) is 0 Å². The molecule has 1 aromatic carbocycles. The normalized spacial score (nSPS) is 10.9. The van der Waals surface area contributed by atoms with Gasteiger partial charge in [-0.2, -0.15) is 0 Å². The number of nitrogens with zero attached hydrogens (tertiary/aromatic N) is 2. The van der Waals surface area contributed by atoms with Crippen LogP contribution in [-0.2, 0) is 11.8 Å². The van der Waals surface area contributed by atoms with Gasteiger partial charge in [0.15, 0.2) is 5.16 Å². The van der Waals surface area contributed by atoms with Crippen molar-refractivity contribution in [2.24, 2.45) is 7.05 Å². The van der Waals surface area contributed by atoms with E-state index in [1.54, 1.807) is 37.4 Å². The molecule has 0 aliphatic rings. The van der Waals surface area contributed by atoms with Gasteiger partial charge in [-0.25, -0.2) is 4.98 Å². The van der Waals surface area contributed by atoms with Gasteiger partial charge >= 0.3 is 0 Å². The molecule has 118 valence electrons. The molecular weight excluding hydrogens is 354 g/mol. The first-order valence-electron chi connectivity index (χ1n) is 6.67. The molecule has 2 heterocycles. The Balaban J connectivity index is 1.73. The van der Waals surface area contributed by atoms with Crippen molar-refractivity contribution in [2.45, 2.75) is 5.16 Å². The number of carbonyl (C=O) groups is 1. The van der Waals surface area contributed by atoms with Gasteiger partial charge < -0.3 is 5.32 Å². The summed E-state index contributed by atoms with van der Waals surface area (Å²) in [6.07, 6.45) is 0. The number of aromatic nitrogens is 2. The van der Waals surface area contributed by atoms with Crippen molar-refractivity contribution in [2.75, 3.05) is 11.1 Å². The number of anilines is 1. The molecule has 0 bridgehead atoms. The molecule has 3 rings (SSSR count). The van der Waals surface area contributed by atoms with Crippen molar-refractivity contribution in [3.8, 4) is 0 Å². The number of halogens is 1. The molecule has 5 nitrogen and oxygen atoms in total. The highest BCUT2D eigenvalue weighted by molar-refractivity contribution is 7.99. The number of thioether (sulfide) groups is 1. The van der Waals surface area contributed by atoms with E-state index in [1.807, 2.05) is 5.38 Å². The maximum absolute atomic E-state index is 12.2. The topological polar surface area (TPSA) is 64.0 Å². The van der Waals surface area contributed by atoms with Crippen LogP contribution in [0.4, 0.5) is 5.69 Å². The monoisotopic (exact) mass is 365 g/mol. The summed E-state index contributed by atoms with van der Waals surface area (Å²) in [6, 6.07) is 8.79. The molecule has 3 aromatic rings. The zero-order valence-electron chi connectivity index (χ0n) is 12.1. The SMILES string of the molecule is Cn1c(SCC(=O)Nc2ccccc2Cl)nc2sccc2c1=O. The van der Waals surface area contributed by atoms with Gasteiger partial charge in [-0.3, -0.25) is 14.2 Å². The first-order chi connectivity index (χ1) is 11.1. The lowest BCUT2D eigenvalue weighted by atomic mass is 10.3. The summed E-state index contributed by atoms with van der Waals surface area (Å²) < 4.78 is 1.46. The van der Waals surface area contributed by atoms with Crippen LogP contribution in [0.1, 0.15) is 0 Å². The molecule has 0 fully saturated rings. The Kier molecular flexibility index (Phi) is 4.70. The van der Waals surface area contributed by atoms with Crippen LogP contribution in [0.3, 0.4) is 0 Å². The van der Waals surface area contributed by atoms with Crippen LogP contribution in [-0.4, -0.2) is 21.2 Å². The Labute approximate surface area is 145 Å². The smallest absolute Gasteiger partial charge is 0.262 e. The van der Waals surface area contributed by atoms with Crippen LogP contribution in [0, 0.1) is 0 Å². The molecule has 0 spiro atoms. The number of hydrogen-bond acceptors (Lipinski definition) is 5. The van der Waals surface area contributed by atoms with Crippen LogP contribution in [0.5, 0.6) is 0 Å². The number of carbonyl (C=O) groups excluding carboxylic acids is 1. The average Bonchev–Trinajstić information content (AvgIpc) is 3.00. The number of fused-ring (bicyclic) bond motifs is 1. The van der Waals surface area contributed by atoms with Gasteiger partial charge in [0, 0.05) is 7.05 Å². The first-order valence-corrected chi connectivity index (χ1v) is 8.92. The summed E-state index contributed by atoms with van der Waals surface area (Å²) >= 11 is 8.63. The van der Waals surface area contributed by atoms with E-state index in [0.29, 0.717) is 26.1 Å². The van der Waals surface area contributed by atoms with Crippen molar-refractivity contribution < 1.29 is 4.79 Å². The molecular formula is C15H12ClN3O2S2. The first kappa shape index (κ1) is 16.0. The van der Waals surface area contributed by atoms with Crippen molar-refractivity contribution >= 4 is 56.5 Å². The fraction of sp³-hybridized carbons (Fsp3) is 0.133. The molecule has 23 heavy (non-hydrogen) atoms. The van der Waals surface area contributed by atoms with Crippen LogP contribution in [0.2, 0.25) is 5.02 Å². The van der Waals surface area contributed by atoms with Gasteiger partial charge in [-0.15, -0.1) is 11.3 Å². The number of hydrogen-bond donors (Lipinski definition) is 1. The quantitative estimate of drug-likeness (QED) is 0.568. The second-order valence-corrected chi connectivity index (χ2v) is 6.96. The number of thiophene rings is 1. The Morgan fingerprint density at radius 3 is 2.96 bits per heavy atom.